The summed E-state index contributed by atoms with van der Waals surface area (Å²) >= 11 is 0. The van der Waals surface area contributed by atoms with Crippen LogP contribution in [0.15, 0.2) is 0 Å². The van der Waals surface area contributed by atoms with Crippen LogP contribution < -0.4 is 5.73 Å². The molecule has 2 saturated heterocycles. The molecule has 2 aliphatic rings. The van der Waals surface area contributed by atoms with E-state index in [0.29, 0.717) is 24.5 Å². The molecular weight excluding hydrogens is 226 g/mol. The molecule has 4 nitrogen and oxygen atoms in total. The van der Waals surface area contributed by atoms with Crippen LogP contribution in [0.2, 0.25) is 0 Å². The van der Waals surface area contributed by atoms with Crippen molar-refractivity contribution in [2.75, 3.05) is 26.2 Å². The monoisotopic (exact) mass is 253 g/mol. The number of carbonyl (C=O) groups excluding carboxylic acids is 1. The Hall–Kier alpha value is -0.610. The molecule has 0 saturated carbocycles. The van der Waals surface area contributed by atoms with E-state index in [1.165, 1.54) is 19.4 Å². The van der Waals surface area contributed by atoms with Gasteiger partial charge in [-0.25, -0.2) is 0 Å². The molecule has 18 heavy (non-hydrogen) atoms. The quantitative estimate of drug-likeness (QED) is 0.815. The van der Waals surface area contributed by atoms with E-state index in [9.17, 15) is 4.79 Å². The van der Waals surface area contributed by atoms with E-state index in [2.05, 4.69) is 16.7 Å². The molecule has 2 N–H and O–H groups in total. The molecule has 4 heteroatoms. The summed E-state index contributed by atoms with van der Waals surface area (Å²) in [5.41, 5.74) is 5.52. The van der Waals surface area contributed by atoms with Crippen LogP contribution >= 0.6 is 0 Å². The van der Waals surface area contributed by atoms with Gasteiger partial charge in [0.25, 0.3) is 0 Å². The molecule has 2 fully saturated rings. The van der Waals surface area contributed by atoms with Crippen LogP contribution in [0.3, 0.4) is 0 Å². The largest absolute Gasteiger partial charge is 0.337 e. The van der Waals surface area contributed by atoms with Gasteiger partial charge in [0.05, 0.1) is 0 Å². The number of carbonyl (C=O) groups is 1. The highest BCUT2D eigenvalue weighted by Gasteiger charge is 2.37. The maximum absolute atomic E-state index is 12.5. The van der Waals surface area contributed by atoms with Crippen molar-refractivity contribution < 1.29 is 4.79 Å². The first-order chi connectivity index (χ1) is 8.63. The minimum Gasteiger partial charge on any atom is -0.337 e. The first-order valence-corrected chi connectivity index (χ1v) is 7.38. The average molecular weight is 253 g/mol. The van der Waals surface area contributed by atoms with Crippen LogP contribution in [0.1, 0.15) is 39.5 Å². The summed E-state index contributed by atoms with van der Waals surface area (Å²) in [7, 11) is 0. The molecule has 0 spiro atoms. The minimum atomic E-state index is 0.129. The second-order valence-electron chi connectivity index (χ2n) is 5.96. The van der Waals surface area contributed by atoms with Crippen molar-refractivity contribution in [1.82, 2.24) is 9.80 Å². The summed E-state index contributed by atoms with van der Waals surface area (Å²) in [4.78, 5) is 17.1. The van der Waals surface area contributed by atoms with E-state index >= 15 is 0 Å². The Morgan fingerprint density at radius 2 is 2.22 bits per heavy atom. The van der Waals surface area contributed by atoms with Crippen molar-refractivity contribution in [2.45, 2.75) is 51.6 Å². The number of nitrogens with two attached hydrogens (primary N) is 1. The van der Waals surface area contributed by atoms with Gasteiger partial charge in [-0.15, -0.1) is 0 Å². The topological polar surface area (TPSA) is 49.6 Å². The molecule has 2 heterocycles. The molecular formula is C14H27N3O. The van der Waals surface area contributed by atoms with Gasteiger partial charge in [0.2, 0.25) is 5.91 Å². The van der Waals surface area contributed by atoms with E-state index in [4.69, 9.17) is 5.73 Å². The standard InChI is InChI=1S/C14H27N3O/c1-11(5-3-7-15)14(18)17-10-13-6-4-8-16(13)9-12(17)2/h11-13H,3-10,15H2,1-2H3. The highest BCUT2D eigenvalue weighted by molar-refractivity contribution is 5.79. The predicted molar refractivity (Wildman–Crippen MR) is 73.2 cm³/mol. The number of rotatable bonds is 4. The van der Waals surface area contributed by atoms with E-state index in [1.807, 2.05) is 6.92 Å². The zero-order valence-electron chi connectivity index (χ0n) is 11.8. The highest BCUT2D eigenvalue weighted by atomic mass is 16.2. The SMILES string of the molecule is CC(CCCN)C(=O)N1CC2CCCN2CC1C. The Kier molecular flexibility index (Phi) is 4.62. The normalized spacial score (nSPS) is 30.3. The first-order valence-electron chi connectivity index (χ1n) is 7.38. The van der Waals surface area contributed by atoms with Gasteiger partial charge < -0.3 is 10.6 Å². The Morgan fingerprint density at radius 3 is 2.94 bits per heavy atom. The van der Waals surface area contributed by atoms with E-state index in [0.717, 1.165) is 25.9 Å². The number of hydrogen-bond acceptors (Lipinski definition) is 3. The van der Waals surface area contributed by atoms with Gasteiger partial charge in [-0.05, 0) is 45.7 Å². The Bertz CT molecular complexity index is 295. The fraction of sp³-hybridized carbons (Fsp3) is 0.929. The number of hydrogen-bond donors (Lipinski definition) is 1. The predicted octanol–water partition coefficient (Wildman–Crippen LogP) is 1.06. The van der Waals surface area contributed by atoms with Crippen molar-refractivity contribution in [2.24, 2.45) is 11.7 Å². The number of fused-ring (bicyclic) bond motifs is 1. The Balaban J connectivity index is 1.92. The zero-order chi connectivity index (χ0) is 13.1. The maximum atomic E-state index is 12.5. The third-order valence-electron chi connectivity index (χ3n) is 4.48. The van der Waals surface area contributed by atoms with E-state index in [1.54, 1.807) is 0 Å². The lowest BCUT2D eigenvalue weighted by atomic mass is 10.0. The summed E-state index contributed by atoms with van der Waals surface area (Å²) in [5.74, 6) is 0.464. The minimum absolute atomic E-state index is 0.129. The van der Waals surface area contributed by atoms with Crippen molar-refractivity contribution in [3.63, 3.8) is 0 Å². The van der Waals surface area contributed by atoms with Crippen LogP contribution in [0.4, 0.5) is 0 Å². The summed E-state index contributed by atoms with van der Waals surface area (Å²) < 4.78 is 0. The van der Waals surface area contributed by atoms with Crippen molar-refractivity contribution in [3.8, 4) is 0 Å². The summed E-state index contributed by atoms with van der Waals surface area (Å²) in [5, 5.41) is 0. The third kappa shape index (κ3) is 2.86. The lowest BCUT2D eigenvalue weighted by molar-refractivity contribution is -0.140. The molecule has 104 valence electrons. The highest BCUT2D eigenvalue weighted by Crippen LogP contribution is 2.26. The molecule has 0 aromatic heterocycles. The number of amides is 1. The fourth-order valence-electron chi connectivity index (χ4n) is 3.32. The van der Waals surface area contributed by atoms with Crippen LogP contribution in [-0.2, 0) is 4.79 Å². The van der Waals surface area contributed by atoms with Crippen molar-refractivity contribution in [3.05, 3.63) is 0 Å². The summed E-state index contributed by atoms with van der Waals surface area (Å²) in [6.07, 6.45) is 4.42. The molecule has 0 bridgehead atoms. The third-order valence-corrected chi connectivity index (χ3v) is 4.48. The maximum Gasteiger partial charge on any atom is 0.225 e. The van der Waals surface area contributed by atoms with Crippen LogP contribution in [0, 0.1) is 5.92 Å². The van der Waals surface area contributed by atoms with Gasteiger partial charge in [0, 0.05) is 31.1 Å². The van der Waals surface area contributed by atoms with Gasteiger partial charge in [-0.3, -0.25) is 9.69 Å². The molecule has 3 unspecified atom stereocenters. The molecule has 2 rings (SSSR count). The Morgan fingerprint density at radius 1 is 1.44 bits per heavy atom. The molecule has 0 radical (unpaired) electrons. The first kappa shape index (κ1) is 13.8. The van der Waals surface area contributed by atoms with Gasteiger partial charge in [0.1, 0.15) is 0 Å². The zero-order valence-corrected chi connectivity index (χ0v) is 11.8. The van der Waals surface area contributed by atoms with Gasteiger partial charge >= 0.3 is 0 Å². The molecule has 0 aliphatic carbocycles. The molecule has 0 aromatic rings. The van der Waals surface area contributed by atoms with Gasteiger partial charge in [-0.1, -0.05) is 6.92 Å². The van der Waals surface area contributed by atoms with Crippen molar-refractivity contribution in [1.29, 1.82) is 0 Å². The average Bonchev–Trinajstić information content (AvgIpc) is 2.81. The molecule has 0 aromatic carbocycles. The van der Waals surface area contributed by atoms with Crippen LogP contribution in [-0.4, -0.2) is 54.0 Å². The lowest BCUT2D eigenvalue weighted by Crippen LogP contribution is -2.57. The molecule has 1 amide bonds. The van der Waals surface area contributed by atoms with Crippen molar-refractivity contribution >= 4 is 5.91 Å². The van der Waals surface area contributed by atoms with Gasteiger partial charge in [0.15, 0.2) is 0 Å². The summed E-state index contributed by atoms with van der Waals surface area (Å²) in [6.45, 7) is 8.13. The number of nitrogens with zero attached hydrogens (tertiary/aromatic N) is 2. The fourth-order valence-corrected chi connectivity index (χ4v) is 3.32. The van der Waals surface area contributed by atoms with Gasteiger partial charge in [-0.2, -0.15) is 0 Å². The second-order valence-corrected chi connectivity index (χ2v) is 5.96. The van der Waals surface area contributed by atoms with E-state index in [-0.39, 0.29) is 5.92 Å². The van der Waals surface area contributed by atoms with Crippen LogP contribution in [0.25, 0.3) is 0 Å². The van der Waals surface area contributed by atoms with Crippen LogP contribution in [0.5, 0.6) is 0 Å². The second kappa shape index (κ2) is 6.02. The molecule has 2 aliphatic heterocycles. The van der Waals surface area contributed by atoms with E-state index < -0.39 is 0 Å². The Labute approximate surface area is 110 Å². The lowest BCUT2D eigenvalue weighted by Gasteiger charge is -2.43. The smallest absolute Gasteiger partial charge is 0.225 e. The summed E-state index contributed by atoms with van der Waals surface area (Å²) in [6, 6.07) is 0.985. The molecule has 3 atom stereocenters. The number of piperazine rings is 1.